The molecule has 144 valence electrons. The molecule has 0 aromatic heterocycles. The van der Waals surface area contributed by atoms with Gasteiger partial charge in [0.15, 0.2) is 0 Å². The summed E-state index contributed by atoms with van der Waals surface area (Å²) in [4.78, 5) is 41.3. The summed E-state index contributed by atoms with van der Waals surface area (Å²) in [5, 5.41) is 0. The molecule has 0 N–H and O–H groups in total. The standard InChI is InChI=1S/C21H26N2O4/c1-27-15-10-8-14(9-11-15)18-7-4-12-22(18)19(24)13-23-20(25)16-5-2-3-6-17(16)21(23)26/h8-11,16-18H,2-7,12-13H2,1H3/t16-,17-,18-/m0/s1. The normalized spacial score (nSPS) is 27.8. The zero-order valence-electron chi connectivity index (χ0n) is 15.7. The number of imide groups is 1. The van der Waals surface area contributed by atoms with Gasteiger partial charge in [-0.15, -0.1) is 0 Å². The molecule has 27 heavy (non-hydrogen) atoms. The number of fused-ring (bicyclic) bond motifs is 1. The fraction of sp³-hybridized carbons (Fsp3) is 0.571. The molecule has 2 saturated heterocycles. The highest BCUT2D eigenvalue weighted by Gasteiger charge is 2.49. The summed E-state index contributed by atoms with van der Waals surface area (Å²) in [5.41, 5.74) is 1.06. The van der Waals surface area contributed by atoms with Gasteiger partial charge in [0.25, 0.3) is 0 Å². The number of likely N-dealkylation sites (tertiary alicyclic amines) is 2. The van der Waals surface area contributed by atoms with Crippen LogP contribution in [0.1, 0.15) is 50.1 Å². The van der Waals surface area contributed by atoms with Crippen LogP contribution >= 0.6 is 0 Å². The van der Waals surface area contributed by atoms with Crippen molar-refractivity contribution in [3.05, 3.63) is 29.8 Å². The molecule has 3 fully saturated rings. The second kappa shape index (κ2) is 7.33. The Morgan fingerprint density at radius 3 is 2.22 bits per heavy atom. The largest absolute Gasteiger partial charge is 0.497 e. The quantitative estimate of drug-likeness (QED) is 0.764. The molecule has 2 heterocycles. The highest BCUT2D eigenvalue weighted by Crippen LogP contribution is 2.38. The van der Waals surface area contributed by atoms with E-state index in [2.05, 4.69) is 0 Å². The van der Waals surface area contributed by atoms with Gasteiger partial charge in [0.05, 0.1) is 25.0 Å². The van der Waals surface area contributed by atoms with Crippen molar-refractivity contribution in [3.8, 4) is 5.75 Å². The lowest BCUT2D eigenvalue weighted by Gasteiger charge is -2.27. The summed E-state index contributed by atoms with van der Waals surface area (Å²) in [6, 6.07) is 7.76. The number of methoxy groups -OCH3 is 1. The zero-order chi connectivity index (χ0) is 19.0. The summed E-state index contributed by atoms with van der Waals surface area (Å²) < 4.78 is 5.20. The third-order valence-corrected chi connectivity index (χ3v) is 6.30. The Labute approximate surface area is 159 Å². The smallest absolute Gasteiger partial charge is 0.243 e. The van der Waals surface area contributed by atoms with Gasteiger partial charge in [-0.1, -0.05) is 25.0 Å². The highest BCUT2D eigenvalue weighted by molar-refractivity contribution is 6.07. The van der Waals surface area contributed by atoms with Crippen LogP contribution in [0.25, 0.3) is 0 Å². The first-order chi connectivity index (χ1) is 13.1. The van der Waals surface area contributed by atoms with Gasteiger partial charge < -0.3 is 9.64 Å². The number of carbonyl (C=O) groups is 3. The number of hydrogen-bond donors (Lipinski definition) is 0. The minimum Gasteiger partial charge on any atom is -0.497 e. The highest BCUT2D eigenvalue weighted by atomic mass is 16.5. The number of ether oxygens (including phenoxy) is 1. The molecule has 6 nitrogen and oxygen atoms in total. The second-order valence-corrected chi connectivity index (χ2v) is 7.78. The molecule has 1 aliphatic carbocycles. The van der Waals surface area contributed by atoms with Crippen LogP contribution in [0.4, 0.5) is 0 Å². The number of amides is 3. The predicted molar refractivity (Wildman–Crippen MR) is 98.9 cm³/mol. The van der Waals surface area contributed by atoms with Crippen LogP contribution in [0, 0.1) is 11.8 Å². The van der Waals surface area contributed by atoms with E-state index in [9.17, 15) is 14.4 Å². The van der Waals surface area contributed by atoms with Crippen LogP contribution < -0.4 is 4.74 Å². The summed E-state index contributed by atoms with van der Waals surface area (Å²) in [5.74, 6) is -0.0272. The van der Waals surface area contributed by atoms with Gasteiger partial charge in [-0.3, -0.25) is 19.3 Å². The number of hydrogen-bond acceptors (Lipinski definition) is 4. The van der Waals surface area contributed by atoms with E-state index in [1.807, 2.05) is 29.2 Å². The molecule has 3 amide bonds. The Kier molecular flexibility index (Phi) is 4.89. The number of carbonyl (C=O) groups excluding carboxylic acids is 3. The van der Waals surface area contributed by atoms with Crippen molar-refractivity contribution in [3.63, 3.8) is 0 Å². The molecule has 4 rings (SSSR count). The first-order valence-electron chi connectivity index (χ1n) is 9.89. The molecule has 1 aromatic rings. The van der Waals surface area contributed by atoms with E-state index in [0.717, 1.165) is 49.8 Å². The predicted octanol–water partition coefficient (Wildman–Crippen LogP) is 2.53. The van der Waals surface area contributed by atoms with E-state index < -0.39 is 0 Å². The van der Waals surface area contributed by atoms with Crippen molar-refractivity contribution in [2.24, 2.45) is 11.8 Å². The Balaban J connectivity index is 1.47. The van der Waals surface area contributed by atoms with E-state index >= 15 is 0 Å². The molecule has 3 atom stereocenters. The van der Waals surface area contributed by atoms with E-state index in [-0.39, 0.29) is 42.1 Å². The molecule has 1 saturated carbocycles. The molecule has 0 spiro atoms. The van der Waals surface area contributed by atoms with Gasteiger partial charge in [-0.2, -0.15) is 0 Å². The summed E-state index contributed by atoms with van der Waals surface area (Å²) in [6.45, 7) is 0.552. The number of nitrogens with zero attached hydrogens (tertiary/aromatic N) is 2. The van der Waals surface area contributed by atoms with Crippen molar-refractivity contribution >= 4 is 17.7 Å². The van der Waals surface area contributed by atoms with E-state index in [1.165, 1.54) is 4.90 Å². The van der Waals surface area contributed by atoms with E-state index in [1.54, 1.807) is 7.11 Å². The van der Waals surface area contributed by atoms with Crippen molar-refractivity contribution in [1.82, 2.24) is 9.80 Å². The van der Waals surface area contributed by atoms with Crippen molar-refractivity contribution in [2.45, 2.75) is 44.6 Å². The lowest BCUT2D eigenvalue weighted by atomic mass is 9.81. The first-order valence-corrected chi connectivity index (χ1v) is 9.89. The first kappa shape index (κ1) is 18.0. The van der Waals surface area contributed by atoms with Crippen molar-refractivity contribution < 1.29 is 19.1 Å². The van der Waals surface area contributed by atoms with Crippen LogP contribution in [0.5, 0.6) is 5.75 Å². The van der Waals surface area contributed by atoms with Crippen LogP contribution in [0.3, 0.4) is 0 Å². The van der Waals surface area contributed by atoms with Crippen LogP contribution in [-0.2, 0) is 14.4 Å². The van der Waals surface area contributed by atoms with Crippen LogP contribution in [-0.4, -0.2) is 47.7 Å². The van der Waals surface area contributed by atoms with Crippen LogP contribution in [0.15, 0.2) is 24.3 Å². The van der Waals surface area contributed by atoms with Gasteiger partial charge in [-0.25, -0.2) is 0 Å². The topological polar surface area (TPSA) is 66.9 Å². The van der Waals surface area contributed by atoms with Crippen molar-refractivity contribution in [2.75, 3.05) is 20.2 Å². The molecule has 0 unspecified atom stereocenters. The van der Waals surface area contributed by atoms with E-state index in [0.29, 0.717) is 6.54 Å². The Bertz CT molecular complexity index is 721. The third-order valence-electron chi connectivity index (χ3n) is 6.30. The van der Waals surface area contributed by atoms with Gasteiger partial charge in [-0.05, 0) is 43.4 Å². The number of benzene rings is 1. The summed E-state index contributed by atoms with van der Waals surface area (Å²) in [6.07, 6.45) is 5.36. The van der Waals surface area contributed by atoms with Gasteiger partial charge >= 0.3 is 0 Å². The lowest BCUT2D eigenvalue weighted by molar-refractivity contribution is -0.147. The SMILES string of the molecule is COc1ccc([C@@H]2CCCN2C(=O)CN2C(=O)[C@H]3CCCC[C@@H]3C2=O)cc1. The summed E-state index contributed by atoms with van der Waals surface area (Å²) in [7, 11) is 1.63. The average molecular weight is 370 g/mol. The van der Waals surface area contributed by atoms with E-state index in [4.69, 9.17) is 4.74 Å². The van der Waals surface area contributed by atoms with Gasteiger partial charge in [0.2, 0.25) is 17.7 Å². The van der Waals surface area contributed by atoms with Gasteiger partial charge in [0.1, 0.15) is 12.3 Å². The molecule has 1 aromatic carbocycles. The minimum absolute atomic E-state index is 0.00140. The third kappa shape index (κ3) is 3.22. The Morgan fingerprint density at radius 2 is 1.63 bits per heavy atom. The molecular formula is C21H26N2O4. The van der Waals surface area contributed by atoms with Crippen LogP contribution in [0.2, 0.25) is 0 Å². The lowest BCUT2D eigenvalue weighted by Crippen LogP contribution is -2.43. The van der Waals surface area contributed by atoms with Crippen molar-refractivity contribution in [1.29, 1.82) is 0 Å². The zero-order valence-corrected chi connectivity index (χ0v) is 15.7. The summed E-state index contributed by atoms with van der Waals surface area (Å²) >= 11 is 0. The molecule has 0 radical (unpaired) electrons. The Morgan fingerprint density at radius 1 is 1.00 bits per heavy atom. The maximum atomic E-state index is 13.0. The molecule has 0 bridgehead atoms. The molecule has 2 aliphatic heterocycles. The van der Waals surface area contributed by atoms with Gasteiger partial charge in [0, 0.05) is 6.54 Å². The average Bonchev–Trinajstić information content (AvgIpc) is 3.28. The maximum absolute atomic E-state index is 13.0. The monoisotopic (exact) mass is 370 g/mol. The molecule has 6 heteroatoms. The Hall–Kier alpha value is -2.37. The fourth-order valence-corrected chi connectivity index (χ4v) is 4.85. The number of rotatable bonds is 4. The molecule has 3 aliphatic rings. The second-order valence-electron chi connectivity index (χ2n) is 7.78. The maximum Gasteiger partial charge on any atom is 0.243 e. The molecular weight excluding hydrogens is 344 g/mol. The fourth-order valence-electron chi connectivity index (χ4n) is 4.85. The minimum atomic E-state index is -0.199.